The minimum absolute atomic E-state index is 0.744. The van der Waals surface area contributed by atoms with Crippen LogP contribution in [0, 0.1) is 0 Å². The number of H-pyrrole nitrogens is 2. The highest BCUT2D eigenvalue weighted by atomic mass is 15.0. The summed E-state index contributed by atoms with van der Waals surface area (Å²) >= 11 is 0. The maximum Gasteiger partial charge on any atom is 0.113 e. The summed E-state index contributed by atoms with van der Waals surface area (Å²) in [5.41, 5.74) is 13.9. The van der Waals surface area contributed by atoms with Crippen molar-refractivity contribution in [1.29, 1.82) is 0 Å². The molecular formula is C44H34N8. The van der Waals surface area contributed by atoms with Crippen LogP contribution < -0.4 is 21.3 Å². The van der Waals surface area contributed by atoms with E-state index in [1.54, 1.807) is 0 Å². The molecule has 0 amide bonds. The average molecular weight is 675 g/mol. The van der Waals surface area contributed by atoms with Gasteiger partial charge in [-0.25, -0.2) is 9.97 Å². The van der Waals surface area contributed by atoms with Gasteiger partial charge in [0.05, 0.1) is 50.9 Å². The summed E-state index contributed by atoms with van der Waals surface area (Å²) in [5.74, 6) is 0. The van der Waals surface area contributed by atoms with Crippen molar-refractivity contribution in [3.63, 3.8) is 0 Å². The largest absolute Gasteiger partial charge is 0.355 e. The third-order valence-corrected chi connectivity index (χ3v) is 8.80. The van der Waals surface area contributed by atoms with Gasteiger partial charge in [-0.1, -0.05) is 72.8 Å². The van der Waals surface area contributed by atoms with Crippen molar-refractivity contribution < 1.29 is 0 Å². The molecule has 9 rings (SSSR count). The van der Waals surface area contributed by atoms with Gasteiger partial charge in [0.25, 0.3) is 0 Å². The summed E-state index contributed by atoms with van der Waals surface area (Å²) in [6.07, 6.45) is 6.16. The Morgan fingerprint density at radius 1 is 0.404 bits per heavy atom. The molecule has 2 aliphatic heterocycles. The lowest BCUT2D eigenvalue weighted by atomic mass is 10.1. The Kier molecular flexibility index (Phi) is 7.99. The molecule has 0 spiro atoms. The van der Waals surface area contributed by atoms with Crippen molar-refractivity contribution >= 4 is 85.8 Å². The summed E-state index contributed by atoms with van der Waals surface area (Å²) in [4.78, 5) is 17.6. The molecule has 8 nitrogen and oxygen atoms in total. The van der Waals surface area contributed by atoms with Crippen molar-refractivity contribution in [3.8, 4) is 0 Å². The molecule has 2 aliphatic rings. The second-order valence-corrected chi connectivity index (χ2v) is 12.5. The monoisotopic (exact) mass is 674 g/mol. The van der Waals surface area contributed by atoms with Crippen LogP contribution in [0.15, 0.2) is 152 Å². The smallest absolute Gasteiger partial charge is 0.113 e. The first kappa shape index (κ1) is 30.7. The Bertz CT molecular complexity index is 2610. The summed E-state index contributed by atoms with van der Waals surface area (Å²) in [7, 11) is 0. The number of anilines is 7. The first-order valence-electron chi connectivity index (χ1n) is 17.2. The van der Waals surface area contributed by atoms with E-state index < -0.39 is 0 Å². The first-order valence-corrected chi connectivity index (χ1v) is 17.2. The number of aromatic amines is 2. The molecule has 8 heteroatoms. The fourth-order valence-electron chi connectivity index (χ4n) is 6.40. The highest BCUT2D eigenvalue weighted by Gasteiger charge is 2.22. The van der Waals surface area contributed by atoms with Crippen LogP contribution >= 0.6 is 0 Å². The van der Waals surface area contributed by atoms with E-state index in [9.17, 15) is 0 Å². The number of nitrogens with one attached hydrogen (secondary N) is 6. The fraction of sp³-hybridized carbons (Fsp3) is 0. The Morgan fingerprint density at radius 3 is 1.46 bits per heavy atom. The summed E-state index contributed by atoms with van der Waals surface area (Å²) in [6, 6.07) is 51.1. The zero-order valence-electron chi connectivity index (χ0n) is 28.1. The molecule has 4 aromatic carbocycles. The van der Waals surface area contributed by atoms with Gasteiger partial charge in [-0.05, 0) is 97.1 Å². The molecule has 0 atom stereocenters. The number of aromatic nitrogens is 4. The van der Waals surface area contributed by atoms with Crippen LogP contribution in [-0.2, 0) is 0 Å². The first-order chi connectivity index (χ1) is 25.7. The SMILES string of the molecule is C1=Cc2cc3[nH]c(c(Nc4ccccc4)c4nc(cc5ccc(cc1n2)[nH]5)C=C4Nc1ccccc1)c(Nc1ccccc1)c3Nc1ccccc1. The Labute approximate surface area is 300 Å². The normalized spacial score (nSPS) is 11.9. The number of hydrogen-bond acceptors (Lipinski definition) is 6. The van der Waals surface area contributed by atoms with Crippen molar-refractivity contribution in [3.05, 3.63) is 174 Å². The molecule has 8 bridgehead atoms. The maximum atomic E-state index is 5.32. The highest BCUT2D eigenvalue weighted by Crippen LogP contribution is 2.43. The number of para-hydroxylation sites is 4. The van der Waals surface area contributed by atoms with Crippen LogP contribution in [-0.4, -0.2) is 19.9 Å². The van der Waals surface area contributed by atoms with Gasteiger partial charge in [0.15, 0.2) is 0 Å². The minimum Gasteiger partial charge on any atom is -0.355 e. The predicted octanol–water partition coefficient (Wildman–Crippen LogP) is 11.3. The van der Waals surface area contributed by atoms with Gasteiger partial charge in [0.1, 0.15) is 5.69 Å². The van der Waals surface area contributed by atoms with E-state index in [0.717, 1.165) is 90.4 Å². The topological polar surface area (TPSA) is 105 Å². The van der Waals surface area contributed by atoms with Gasteiger partial charge in [-0.2, -0.15) is 0 Å². The number of hydrogen-bond donors (Lipinski definition) is 6. The van der Waals surface area contributed by atoms with Crippen LogP contribution in [0.3, 0.4) is 0 Å². The third kappa shape index (κ3) is 6.51. The predicted molar refractivity (Wildman–Crippen MR) is 217 cm³/mol. The van der Waals surface area contributed by atoms with Gasteiger partial charge < -0.3 is 31.2 Å². The van der Waals surface area contributed by atoms with Crippen LogP contribution in [0.1, 0.15) is 22.8 Å². The van der Waals surface area contributed by atoms with Gasteiger partial charge in [0, 0.05) is 33.8 Å². The second kappa shape index (κ2) is 13.5. The molecule has 7 aromatic rings. The van der Waals surface area contributed by atoms with Gasteiger partial charge in [-0.15, -0.1) is 0 Å². The van der Waals surface area contributed by atoms with Crippen LogP contribution in [0.25, 0.3) is 46.0 Å². The molecular weight excluding hydrogens is 641 g/mol. The molecule has 0 radical (unpaired) electrons. The zero-order valence-corrected chi connectivity index (χ0v) is 28.1. The van der Waals surface area contributed by atoms with Crippen LogP contribution in [0.5, 0.6) is 0 Å². The Hall–Kier alpha value is -7.32. The number of nitrogens with zero attached hydrogens (tertiary/aromatic N) is 2. The lowest BCUT2D eigenvalue weighted by molar-refractivity contribution is 1.30. The quantitative estimate of drug-likeness (QED) is 0.0958. The van der Waals surface area contributed by atoms with Crippen LogP contribution in [0.4, 0.5) is 39.8 Å². The highest BCUT2D eigenvalue weighted by molar-refractivity contribution is 6.08. The van der Waals surface area contributed by atoms with Crippen molar-refractivity contribution in [2.75, 3.05) is 21.3 Å². The summed E-state index contributed by atoms with van der Waals surface area (Å²) < 4.78 is 0. The molecule has 0 fully saturated rings. The number of rotatable bonds is 8. The van der Waals surface area contributed by atoms with E-state index in [1.165, 1.54) is 0 Å². The van der Waals surface area contributed by atoms with Crippen LogP contribution in [0.2, 0.25) is 0 Å². The molecule has 250 valence electrons. The van der Waals surface area contributed by atoms with Crippen molar-refractivity contribution in [1.82, 2.24) is 19.9 Å². The maximum absolute atomic E-state index is 5.32. The van der Waals surface area contributed by atoms with E-state index >= 15 is 0 Å². The molecule has 3 aromatic heterocycles. The molecule has 5 heterocycles. The van der Waals surface area contributed by atoms with Gasteiger partial charge in [0.2, 0.25) is 0 Å². The third-order valence-electron chi connectivity index (χ3n) is 8.80. The molecule has 6 N–H and O–H groups in total. The Morgan fingerprint density at radius 2 is 0.885 bits per heavy atom. The summed E-state index contributed by atoms with van der Waals surface area (Å²) in [6.45, 7) is 0. The fourth-order valence-corrected chi connectivity index (χ4v) is 6.40. The molecule has 0 aliphatic carbocycles. The van der Waals surface area contributed by atoms with E-state index in [2.05, 4.69) is 110 Å². The zero-order chi connectivity index (χ0) is 34.7. The van der Waals surface area contributed by atoms with E-state index in [-0.39, 0.29) is 0 Å². The lowest BCUT2D eigenvalue weighted by Gasteiger charge is -2.15. The molecule has 0 saturated heterocycles. The number of benzene rings is 4. The number of fused-ring (bicyclic) bond motifs is 8. The van der Waals surface area contributed by atoms with Gasteiger partial charge in [-0.3, -0.25) is 0 Å². The summed E-state index contributed by atoms with van der Waals surface area (Å²) in [5, 5.41) is 15.0. The molecule has 0 saturated carbocycles. The van der Waals surface area contributed by atoms with Crippen molar-refractivity contribution in [2.45, 2.75) is 0 Å². The standard InChI is InChI=1S/C44H34N8/c1-5-13-29(14-6-1)47-38-28-37-26-35-22-21-33(45-35)25-34-23-24-36(46-34)27-39-41(48-30-15-7-2-8-16-30)43(50-32-19-11-4-12-20-32)44(52-39)42(40(38)51-37)49-31-17-9-3-10-18-31/h1-28,45,47-50,52H. The molecule has 52 heavy (non-hydrogen) atoms. The molecule has 0 unspecified atom stereocenters. The Balaban J connectivity index is 1.41. The van der Waals surface area contributed by atoms with Crippen molar-refractivity contribution in [2.24, 2.45) is 0 Å². The lowest BCUT2D eigenvalue weighted by Crippen LogP contribution is -2.03. The van der Waals surface area contributed by atoms with E-state index in [1.807, 2.05) is 91.0 Å². The van der Waals surface area contributed by atoms with Gasteiger partial charge >= 0.3 is 0 Å². The minimum atomic E-state index is 0.744. The average Bonchev–Trinajstić information content (AvgIpc) is 3.98. The van der Waals surface area contributed by atoms with E-state index in [4.69, 9.17) is 9.97 Å². The second-order valence-electron chi connectivity index (χ2n) is 12.5. The van der Waals surface area contributed by atoms with E-state index in [0.29, 0.717) is 0 Å².